The monoisotopic (exact) mass is 515 g/mol. The Bertz CT molecular complexity index is 891. The van der Waals surface area contributed by atoms with E-state index in [1.807, 2.05) is 51.1 Å². The second kappa shape index (κ2) is 15.4. The van der Waals surface area contributed by atoms with Crippen LogP contribution in [0.2, 0.25) is 0 Å². The third kappa shape index (κ3) is 9.82. The summed E-state index contributed by atoms with van der Waals surface area (Å²) >= 11 is 0. The van der Waals surface area contributed by atoms with Gasteiger partial charge in [-0.15, -0.1) is 0 Å². The molecule has 1 fully saturated rings. The fourth-order valence-electron chi connectivity index (χ4n) is 4.48. The summed E-state index contributed by atoms with van der Waals surface area (Å²) in [5, 5.41) is 8.33. The standard InChI is InChI=1S/C29H45N3O5/c1-6-8-9-11-14-20(4)24-18-25(33)31-23(17-22-15-12-10-13-16-22)28(35)30-21(5)27(34)32-26(19(3)7-2)29(36)37-24/h10,12-13,15-16,19-21,23-24,26H,6-9,11,14,17-18H2,1-5H3,(H,30,35)(H,31,33)(H,32,34)/t19-,20?,21-,23-,24?,26-/m0/s1. The lowest BCUT2D eigenvalue weighted by molar-refractivity contribution is -0.158. The number of hydrogen-bond donors (Lipinski definition) is 3. The molecule has 3 N–H and O–H groups in total. The lowest BCUT2D eigenvalue weighted by Crippen LogP contribution is -2.55. The lowest BCUT2D eigenvalue weighted by Gasteiger charge is -2.29. The van der Waals surface area contributed by atoms with E-state index >= 15 is 0 Å². The van der Waals surface area contributed by atoms with Crippen LogP contribution in [0.1, 0.15) is 85.1 Å². The Kier molecular flexibility index (Phi) is 12.6. The highest BCUT2D eigenvalue weighted by atomic mass is 16.5. The van der Waals surface area contributed by atoms with Gasteiger partial charge in [-0.25, -0.2) is 4.79 Å². The van der Waals surface area contributed by atoms with E-state index < -0.39 is 42.0 Å². The molecule has 1 heterocycles. The predicted octanol–water partition coefficient (Wildman–Crippen LogP) is 3.67. The van der Waals surface area contributed by atoms with Gasteiger partial charge >= 0.3 is 5.97 Å². The number of rotatable bonds is 10. The number of hydrogen-bond acceptors (Lipinski definition) is 5. The molecule has 3 amide bonds. The topological polar surface area (TPSA) is 114 Å². The van der Waals surface area contributed by atoms with Crippen molar-refractivity contribution in [3.05, 3.63) is 35.9 Å². The van der Waals surface area contributed by atoms with E-state index in [1.165, 1.54) is 0 Å². The minimum absolute atomic E-state index is 0.0457. The molecule has 1 aliphatic heterocycles. The van der Waals surface area contributed by atoms with Crippen molar-refractivity contribution in [3.8, 4) is 0 Å². The maximum atomic E-state index is 13.3. The first-order chi connectivity index (χ1) is 17.7. The minimum atomic E-state index is -0.893. The predicted molar refractivity (Wildman–Crippen MR) is 143 cm³/mol. The highest BCUT2D eigenvalue weighted by molar-refractivity contribution is 5.94. The van der Waals surface area contributed by atoms with Gasteiger partial charge < -0.3 is 20.7 Å². The van der Waals surface area contributed by atoms with Crippen molar-refractivity contribution in [1.82, 2.24) is 16.0 Å². The van der Waals surface area contributed by atoms with Crippen LogP contribution in [0.15, 0.2) is 30.3 Å². The van der Waals surface area contributed by atoms with Gasteiger partial charge in [-0.2, -0.15) is 0 Å². The van der Waals surface area contributed by atoms with E-state index in [9.17, 15) is 19.2 Å². The zero-order valence-corrected chi connectivity index (χ0v) is 23.0. The maximum absolute atomic E-state index is 13.3. The quantitative estimate of drug-likeness (QED) is 0.325. The van der Waals surface area contributed by atoms with Crippen LogP contribution in [0.5, 0.6) is 0 Å². The van der Waals surface area contributed by atoms with Crippen molar-refractivity contribution in [2.75, 3.05) is 0 Å². The molecular weight excluding hydrogens is 470 g/mol. The van der Waals surface area contributed by atoms with E-state index in [0.29, 0.717) is 6.42 Å². The highest BCUT2D eigenvalue weighted by Crippen LogP contribution is 2.22. The summed E-state index contributed by atoms with van der Waals surface area (Å²) in [4.78, 5) is 52.6. The van der Waals surface area contributed by atoms with Gasteiger partial charge in [0, 0.05) is 6.42 Å². The summed E-state index contributed by atoms with van der Waals surface area (Å²) in [6.07, 6.45) is 5.35. The second-order valence-electron chi connectivity index (χ2n) is 10.4. The van der Waals surface area contributed by atoms with Crippen LogP contribution in [0.3, 0.4) is 0 Å². The molecule has 1 aromatic carbocycles. The van der Waals surface area contributed by atoms with Gasteiger partial charge in [0.05, 0.1) is 6.42 Å². The third-order valence-electron chi connectivity index (χ3n) is 7.25. The van der Waals surface area contributed by atoms with Gasteiger partial charge in [0.15, 0.2) is 0 Å². The van der Waals surface area contributed by atoms with Crippen LogP contribution >= 0.6 is 0 Å². The summed E-state index contributed by atoms with van der Waals surface area (Å²) in [6.45, 7) is 9.51. The number of carbonyl (C=O) groups excluding carboxylic acids is 4. The van der Waals surface area contributed by atoms with Gasteiger partial charge in [0.1, 0.15) is 24.2 Å². The van der Waals surface area contributed by atoms with Crippen molar-refractivity contribution in [2.45, 2.75) is 110 Å². The molecule has 8 nitrogen and oxygen atoms in total. The number of nitrogens with one attached hydrogen (secondary N) is 3. The van der Waals surface area contributed by atoms with Crippen LogP contribution in [-0.2, 0) is 30.3 Å². The van der Waals surface area contributed by atoms with E-state index in [1.54, 1.807) is 6.92 Å². The molecular formula is C29H45N3O5. The largest absolute Gasteiger partial charge is 0.460 e. The Balaban J connectivity index is 2.33. The lowest BCUT2D eigenvalue weighted by atomic mass is 9.93. The summed E-state index contributed by atoms with van der Waals surface area (Å²) in [5.74, 6) is -2.05. The Morgan fingerprint density at radius 1 is 0.892 bits per heavy atom. The van der Waals surface area contributed by atoms with Gasteiger partial charge in [0.25, 0.3) is 0 Å². The number of unbranched alkanes of at least 4 members (excludes halogenated alkanes) is 3. The zero-order valence-electron chi connectivity index (χ0n) is 23.0. The Morgan fingerprint density at radius 3 is 2.24 bits per heavy atom. The third-order valence-corrected chi connectivity index (χ3v) is 7.25. The number of benzene rings is 1. The summed E-state index contributed by atoms with van der Waals surface area (Å²) in [6, 6.07) is 6.77. The van der Waals surface area contributed by atoms with Crippen molar-refractivity contribution in [3.63, 3.8) is 0 Å². The smallest absolute Gasteiger partial charge is 0.329 e. The van der Waals surface area contributed by atoms with E-state index in [-0.39, 0.29) is 30.6 Å². The van der Waals surface area contributed by atoms with E-state index in [2.05, 4.69) is 22.9 Å². The minimum Gasteiger partial charge on any atom is -0.460 e. The highest BCUT2D eigenvalue weighted by Gasteiger charge is 2.35. The van der Waals surface area contributed by atoms with E-state index in [0.717, 1.165) is 37.7 Å². The van der Waals surface area contributed by atoms with Gasteiger partial charge in [-0.3, -0.25) is 14.4 Å². The summed E-state index contributed by atoms with van der Waals surface area (Å²) < 4.78 is 5.93. The molecule has 6 atom stereocenters. The van der Waals surface area contributed by atoms with Crippen molar-refractivity contribution >= 4 is 23.7 Å². The zero-order chi connectivity index (χ0) is 27.4. The molecule has 8 heteroatoms. The fourth-order valence-corrected chi connectivity index (χ4v) is 4.48. The van der Waals surface area contributed by atoms with Gasteiger partial charge in [0.2, 0.25) is 17.7 Å². The molecule has 0 saturated carbocycles. The first-order valence-corrected chi connectivity index (χ1v) is 13.8. The van der Waals surface area contributed by atoms with Crippen LogP contribution in [0, 0.1) is 11.8 Å². The number of carbonyl (C=O) groups is 4. The molecule has 0 aromatic heterocycles. The molecule has 2 rings (SSSR count). The van der Waals surface area contributed by atoms with Gasteiger partial charge in [-0.1, -0.05) is 90.1 Å². The van der Waals surface area contributed by atoms with E-state index in [4.69, 9.17) is 4.74 Å². The van der Waals surface area contributed by atoms with Crippen LogP contribution < -0.4 is 16.0 Å². The molecule has 1 aliphatic rings. The molecule has 0 bridgehead atoms. The summed E-state index contributed by atoms with van der Waals surface area (Å²) in [7, 11) is 0. The maximum Gasteiger partial charge on any atom is 0.329 e. The van der Waals surface area contributed by atoms with Crippen LogP contribution in [0.25, 0.3) is 0 Å². The number of amides is 3. The first kappa shape index (κ1) is 30.3. The number of esters is 1. The van der Waals surface area contributed by atoms with Crippen molar-refractivity contribution < 1.29 is 23.9 Å². The van der Waals surface area contributed by atoms with Crippen LogP contribution in [0.4, 0.5) is 0 Å². The Hall–Kier alpha value is -2.90. The molecule has 2 unspecified atom stereocenters. The molecule has 206 valence electrons. The molecule has 1 aromatic rings. The normalized spacial score (nSPS) is 25.3. The number of ether oxygens (including phenoxy) is 1. The molecule has 0 aliphatic carbocycles. The fraction of sp³-hybridized carbons (Fsp3) is 0.655. The molecule has 0 spiro atoms. The molecule has 1 saturated heterocycles. The summed E-state index contributed by atoms with van der Waals surface area (Å²) in [5.41, 5.74) is 0.883. The van der Waals surface area contributed by atoms with Gasteiger partial charge in [-0.05, 0) is 30.7 Å². The molecule has 0 radical (unpaired) electrons. The number of cyclic esters (lactones) is 1. The van der Waals surface area contributed by atoms with Crippen molar-refractivity contribution in [2.24, 2.45) is 11.8 Å². The second-order valence-corrected chi connectivity index (χ2v) is 10.4. The van der Waals surface area contributed by atoms with Crippen molar-refractivity contribution in [1.29, 1.82) is 0 Å². The molecule has 37 heavy (non-hydrogen) atoms. The Morgan fingerprint density at radius 2 is 1.59 bits per heavy atom. The average Bonchev–Trinajstić information content (AvgIpc) is 2.88. The van der Waals surface area contributed by atoms with Crippen LogP contribution in [-0.4, -0.2) is 47.9 Å². The first-order valence-electron chi connectivity index (χ1n) is 13.8. The Labute approximate surface area is 221 Å². The average molecular weight is 516 g/mol. The SMILES string of the molecule is CCCCCCC(C)C1CC(=O)N[C@@H](Cc2ccccc2)C(=O)N[C@@H](C)C(=O)N[C@@H]([C@@H](C)CC)C(=O)O1.